The number of nitrogens with zero attached hydrogens (tertiary/aromatic N) is 1. The van der Waals surface area contributed by atoms with Gasteiger partial charge in [0.25, 0.3) is 0 Å². The van der Waals surface area contributed by atoms with Crippen LogP contribution in [-0.4, -0.2) is 9.94 Å². The second-order valence-corrected chi connectivity index (χ2v) is 6.59. The Labute approximate surface area is 151 Å². The van der Waals surface area contributed by atoms with Crippen LogP contribution in [0.15, 0.2) is 97.3 Å². The molecule has 0 radical (unpaired) electrons. The topological polar surface area (TPSA) is 25.2 Å². The van der Waals surface area contributed by atoms with Gasteiger partial charge in [0, 0.05) is 11.1 Å². The van der Waals surface area contributed by atoms with Gasteiger partial charge in [-0.05, 0) is 44.8 Å². The third kappa shape index (κ3) is 2.44. The van der Waals surface area contributed by atoms with Crippen molar-refractivity contribution in [3.8, 4) is 22.3 Å². The van der Waals surface area contributed by atoms with E-state index in [2.05, 4.69) is 60.7 Å². The highest BCUT2D eigenvalue weighted by Gasteiger charge is 2.12. The van der Waals surface area contributed by atoms with Crippen LogP contribution in [0.25, 0.3) is 43.8 Å². The summed E-state index contributed by atoms with van der Waals surface area (Å²) < 4.78 is 1.15. The van der Waals surface area contributed by atoms with Gasteiger partial charge < -0.3 is 5.21 Å². The van der Waals surface area contributed by atoms with Gasteiger partial charge in [-0.3, -0.25) is 0 Å². The van der Waals surface area contributed by atoms with Crippen molar-refractivity contribution in [2.24, 2.45) is 0 Å². The quantitative estimate of drug-likeness (QED) is 0.373. The maximum absolute atomic E-state index is 10.1. The van der Waals surface area contributed by atoms with Gasteiger partial charge in [0.1, 0.15) is 0 Å². The molecule has 0 aliphatic heterocycles. The number of rotatable bonds is 2. The summed E-state index contributed by atoms with van der Waals surface area (Å²) in [6.45, 7) is 0. The maximum atomic E-state index is 10.1. The normalized spacial score (nSPS) is 11.2. The van der Waals surface area contributed by atoms with E-state index in [4.69, 9.17) is 0 Å². The molecular formula is C24H17NO. The number of aromatic nitrogens is 1. The van der Waals surface area contributed by atoms with E-state index < -0.39 is 0 Å². The van der Waals surface area contributed by atoms with Crippen molar-refractivity contribution in [3.05, 3.63) is 97.3 Å². The fraction of sp³-hybridized carbons (Fsp3) is 0. The molecule has 4 aromatic carbocycles. The van der Waals surface area contributed by atoms with Gasteiger partial charge in [-0.1, -0.05) is 72.8 Å². The molecular weight excluding hydrogens is 318 g/mol. The van der Waals surface area contributed by atoms with E-state index in [1.807, 2.05) is 24.3 Å². The molecule has 0 saturated carbocycles. The van der Waals surface area contributed by atoms with E-state index in [1.165, 1.54) is 21.5 Å². The molecule has 0 unspecified atom stereocenters. The molecule has 0 aliphatic carbocycles. The Hall–Kier alpha value is -3.52. The van der Waals surface area contributed by atoms with E-state index in [1.54, 1.807) is 12.4 Å². The minimum absolute atomic E-state index is 1.02. The molecule has 0 amide bonds. The minimum atomic E-state index is 1.02. The van der Waals surface area contributed by atoms with Crippen molar-refractivity contribution in [3.63, 3.8) is 0 Å². The standard InChI is InChI=1S/C24H17NO/c26-25-15-23(21-11-9-17-5-1-3-7-19(17)13-21)24(16-25)22-12-10-18-6-2-4-8-20(18)14-22/h1-16,26H. The van der Waals surface area contributed by atoms with Crippen LogP contribution >= 0.6 is 0 Å². The van der Waals surface area contributed by atoms with Crippen LogP contribution in [-0.2, 0) is 0 Å². The van der Waals surface area contributed by atoms with E-state index in [0.29, 0.717) is 0 Å². The number of fused-ring (bicyclic) bond motifs is 2. The predicted molar refractivity (Wildman–Crippen MR) is 108 cm³/mol. The van der Waals surface area contributed by atoms with E-state index in [-0.39, 0.29) is 0 Å². The van der Waals surface area contributed by atoms with Crippen molar-refractivity contribution in [1.29, 1.82) is 0 Å². The maximum Gasteiger partial charge on any atom is 0.0517 e. The lowest BCUT2D eigenvalue weighted by molar-refractivity contribution is 0.188. The lowest BCUT2D eigenvalue weighted by Gasteiger charge is -2.07. The van der Waals surface area contributed by atoms with Gasteiger partial charge in [-0.25, -0.2) is 4.73 Å². The lowest BCUT2D eigenvalue weighted by Crippen LogP contribution is -1.82. The molecule has 0 spiro atoms. The van der Waals surface area contributed by atoms with Gasteiger partial charge in [-0.2, -0.15) is 0 Å². The smallest absolute Gasteiger partial charge is 0.0517 e. The summed E-state index contributed by atoms with van der Waals surface area (Å²) in [5.74, 6) is 0. The Morgan fingerprint density at radius 2 is 0.923 bits per heavy atom. The summed E-state index contributed by atoms with van der Waals surface area (Å²) in [5, 5.41) is 14.9. The molecule has 5 aromatic rings. The molecule has 1 heterocycles. The first-order valence-electron chi connectivity index (χ1n) is 8.67. The van der Waals surface area contributed by atoms with Crippen LogP contribution < -0.4 is 0 Å². The van der Waals surface area contributed by atoms with E-state index in [9.17, 15) is 5.21 Å². The number of benzene rings is 4. The van der Waals surface area contributed by atoms with E-state index >= 15 is 0 Å². The first kappa shape index (κ1) is 14.8. The largest absolute Gasteiger partial charge is 0.429 e. The number of hydrogen-bond donors (Lipinski definition) is 1. The average molecular weight is 335 g/mol. The van der Waals surface area contributed by atoms with Crippen molar-refractivity contribution in [1.82, 2.24) is 4.73 Å². The third-order valence-electron chi connectivity index (χ3n) is 4.93. The highest BCUT2D eigenvalue weighted by molar-refractivity contribution is 5.94. The molecule has 2 nitrogen and oxygen atoms in total. The summed E-state index contributed by atoms with van der Waals surface area (Å²) in [6.07, 6.45) is 3.54. The van der Waals surface area contributed by atoms with Gasteiger partial charge in [0.05, 0.1) is 12.4 Å². The number of hydrogen-bond acceptors (Lipinski definition) is 1. The second kappa shape index (κ2) is 5.78. The van der Waals surface area contributed by atoms with Crippen molar-refractivity contribution >= 4 is 21.5 Å². The molecule has 1 aromatic heterocycles. The second-order valence-electron chi connectivity index (χ2n) is 6.59. The molecule has 0 fully saturated rings. The predicted octanol–water partition coefficient (Wildman–Crippen LogP) is 6.37. The highest BCUT2D eigenvalue weighted by atomic mass is 16.5. The van der Waals surface area contributed by atoms with Crippen molar-refractivity contribution in [2.45, 2.75) is 0 Å². The molecule has 0 aliphatic rings. The van der Waals surface area contributed by atoms with Gasteiger partial charge >= 0.3 is 0 Å². The Morgan fingerprint density at radius 1 is 0.500 bits per heavy atom. The van der Waals surface area contributed by atoms with E-state index in [0.717, 1.165) is 27.0 Å². The molecule has 0 bridgehead atoms. The van der Waals surface area contributed by atoms with Gasteiger partial charge in [0.15, 0.2) is 0 Å². The highest BCUT2D eigenvalue weighted by Crippen LogP contribution is 2.35. The van der Waals surface area contributed by atoms with Crippen LogP contribution in [0.1, 0.15) is 0 Å². The first-order valence-corrected chi connectivity index (χ1v) is 8.67. The Morgan fingerprint density at radius 3 is 1.38 bits per heavy atom. The third-order valence-corrected chi connectivity index (χ3v) is 4.93. The van der Waals surface area contributed by atoms with Gasteiger partial charge in [-0.15, -0.1) is 0 Å². The van der Waals surface area contributed by atoms with Crippen molar-refractivity contribution in [2.75, 3.05) is 0 Å². The SMILES string of the molecule is On1cc(-c2ccc3ccccc3c2)c(-c2ccc3ccccc3c2)c1. The summed E-state index contributed by atoms with van der Waals surface area (Å²) in [5.41, 5.74) is 4.24. The monoisotopic (exact) mass is 335 g/mol. The summed E-state index contributed by atoms with van der Waals surface area (Å²) >= 11 is 0. The Balaban J connectivity index is 1.70. The summed E-state index contributed by atoms with van der Waals surface area (Å²) in [7, 11) is 0. The molecule has 124 valence electrons. The molecule has 0 atom stereocenters. The summed E-state index contributed by atoms with van der Waals surface area (Å²) in [6, 6.07) is 29.5. The zero-order valence-electron chi connectivity index (χ0n) is 14.1. The van der Waals surface area contributed by atoms with Crippen LogP contribution in [0, 0.1) is 0 Å². The van der Waals surface area contributed by atoms with Crippen LogP contribution in [0.5, 0.6) is 0 Å². The summed E-state index contributed by atoms with van der Waals surface area (Å²) in [4.78, 5) is 0. The molecule has 0 saturated heterocycles. The molecule has 2 heteroatoms. The first-order chi connectivity index (χ1) is 12.8. The fourth-order valence-corrected chi connectivity index (χ4v) is 3.61. The van der Waals surface area contributed by atoms with Gasteiger partial charge in [0.2, 0.25) is 0 Å². The van der Waals surface area contributed by atoms with Crippen LogP contribution in [0.4, 0.5) is 0 Å². The minimum Gasteiger partial charge on any atom is -0.429 e. The lowest BCUT2D eigenvalue weighted by atomic mass is 9.96. The Kier molecular flexibility index (Phi) is 3.29. The average Bonchev–Trinajstić information content (AvgIpc) is 3.09. The van der Waals surface area contributed by atoms with Crippen molar-refractivity contribution < 1.29 is 5.21 Å². The zero-order chi connectivity index (χ0) is 17.5. The molecule has 26 heavy (non-hydrogen) atoms. The Bertz CT molecular complexity index is 1150. The molecule has 5 rings (SSSR count). The van der Waals surface area contributed by atoms with Crippen LogP contribution in [0.3, 0.4) is 0 Å². The van der Waals surface area contributed by atoms with Crippen LogP contribution in [0.2, 0.25) is 0 Å². The molecule has 1 N–H and O–H groups in total. The fourth-order valence-electron chi connectivity index (χ4n) is 3.61. The zero-order valence-corrected chi connectivity index (χ0v) is 14.1.